The van der Waals surface area contributed by atoms with Gasteiger partial charge in [0.1, 0.15) is 6.54 Å². The van der Waals surface area contributed by atoms with Crippen LogP contribution in [0.25, 0.3) is 0 Å². The van der Waals surface area contributed by atoms with E-state index in [2.05, 4.69) is 17.6 Å². The zero-order valence-electron chi connectivity index (χ0n) is 12.0. The maximum Gasteiger partial charge on any atom is 0.262 e. The van der Waals surface area contributed by atoms with Gasteiger partial charge >= 0.3 is 0 Å². The quantitative estimate of drug-likeness (QED) is 0.562. The van der Waals surface area contributed by atoms with E-state index < -0.39 is 11.8 Å². The molecule has 1 heterocycles. The molecule has 0 saturated carbocycles. The molecule has 1 aliphatic rings. The number of fused-ring (bicyclic) bond motifs is 1. The van der Waals surface area contributed by atoms with Crippen LogP contribution in [0.1, 0.15) is 34.1 Å². The molecule has 6 nitrogen and oxygen atoms in total. The summed E-state index contributed by atoms with van der Waals surface area (Å²) in [5.41, 5.74) is 0.722. The van der Waals surface area contributed by atoms with Crippen LogP contribution in [0.5, 0.6) is 0 Å². The van der Waals surface area contributed by atoms with Gasteiger partial charge in [-0.1, -0.05) is 19.1 Å². The fraction of sp³-hybridized carbons (Fsp3) is 0.400. The summed E-state index contributed by atoms with van der Waals surface area (Å²) in [4.78, 5) is 36.9. The standard InChI is InChI=1S/C15H19N3O3/c1-2-7-16-8-9-17-13(19)10-18-14(20)11-5-3-4-6-12(11)15(18)21/h3-6,16H,2,7-10H2,1H3,(H,17,19). The van der Waals surface area contributed by atoms with E-state index in [0.717, 1.165) is 17.9 Å². The molecule has 0 atom stereocenters. The predicted octanol–water partition coefficient (Wildman–Crippen LogP) is 0.398. The van der Waals surface area contributed by atoms with Gasteiger partial charge in [-0.3, -0.25) is 19.3 Å². The molecule has 1 aliphatic heterocycles. The number of nitrogens with one attached hydrogen (secondary N) is 2. The monoisotopic (exact) mass is 289 g/mol. The Hall–Kier alpha value is -2.21. The molecule has 0 spiro atoms. The number of benzene rings is 1. The fourth-order valence-electron chi connectivity index (χ4n) is 2.17. The van der Waals surface area contributed by atoms with Crippen LogP contribution >= 0.6 is 0 Å². The minimum absolute atomic E-state index is 0.236. The molecule has 6 heteroatoms. The number of rotatable bonds is 7. The summed E-state index contributed by atoms with van der Waals surface area (Å²) < 4.78 is 0. The molecule has 21 heavy (non-hydrogen) atoms. The highest BCUT2D eigenvalue weighted by atomic mass is 16.2. The van der Waals surface area contributed by atoms with Crippen molar-refractivity contribution in [1.29, 1.82) is 0 Å². The molecule has 0 unspecified atom stereocenters. The van der Waals surface area contributed by atoms with Crippen LogP contribution < -0.4 is 10.6 Å². The van der Waals surface area contributed by atoms with Gasteiger partial charge in [0.15, 0.2) is 0 Å². The fourth-order valence-corrected chi connectivity index (χ4v) is 2.17. The molecule has 0 aromatic heterocycles. The Bertz CT molecular complexity index is 522. The van der Waals surface area contributed by atoms with Crippen molar-refractivity contribution in [2.24, 2.45) is 0 Å². The average Bonchev–Trinajstić information content (AvgIpc) is 2.73. The maximum atomic E-state index is 12.1. The topological polar surface area (TPSA) is 78.5 Å². The van der Waals surface area contributed by atoms with Gasteiger partial charge < -0.3 is 10.6 Å². The summed E-state index contributed by atoms with van der Waals surface area (Å²) in [6.45, 7) is 3.87. The van der Waals surface area contributed by atoms with E-state index in [1.807, 2.05) is 0 Å². The van der Waals surface area contributed by atoms with Crippen molar-refractivity contribution in [2.75, 3.05) is 26.2 Å². The van der Waals surface area contributed by atoms with E-state index in [1.54, 1.807) is 24.3 Å². The van der Waals surface area contributed by atoms with Crippen molar-refractivity contribution < 1.29 is 14.4 Å². The number of carbonyl (C=O) groups excluding carboxylic acids is 3. The Morgan fingerprint density at radius 2 is 1.67 bits per heavy atom. The van der Waals surface area contributed by atoms with Gasteiger partial charge in [-0.15, -0.1) is 0 Å². The summed E-state index contributed by atoms with van der Waals surface area (Å²) in [6.07, 6.45) is 1.03. The second kappa shape index (κ2) is 6.99. The van der Waals surface area contributed by atoms with Crippen LogP contribution in [0.2, 0.25) is 0 Å². The first-order chi connectivity index (χ1) is 10.1. The number of amides is 3. The first-order valence-electron chi connectivity index (χ1n) is 7.07. The molecule has 0 radical (unpaired) electrons. The molecule has 0 bridgehead atoms. The molecule has 1 aromatic rings. The smallest absolute Gasteiger partial charge is 0.262 e. The van der Waals surface area contributed by atoms with Gasteiger partial charge in [-0.25, -0.2) is 0 Å². The highest BCUT2D eigenvalue weighted by Gasteiger charge is 2.35. The Morgan fingerprint density at radius 3 is 2.24 bits per heavy atom. The molecule has 2 N–H and O–H groups in total. The van der Waals surface area contributed by atoms with Crippen molar-refractivity contribution in [3.63, 3.8) is 0 Å². The average molecular weight is 289 g/mol. The van der Waals surface area contributed by atoms with Crippen molar-refractivity contribution in [2.45, 2.75) is 13.3 Å². The predicted molar refractivity (Wildman–Crippen MR) is 78.0 cm³/mol. The molecule has 112 valence electrons. The summed E-state index contributed by atoms with van der Waals surface area (Å²) in [7, 11) is 0. The van der Waals surface area contributed by atoms with Crippen molar-refractivity contribution in [3.05, 3.63) is 35.4 Å². The summed E-state index contributed by atoms with van der Waals surface area (Å²) >= 11 is 0. The van der Waals surface area contributed by atoms with Crippen LogP contribution in [0.3, 0.4) is 0 Å². The van der Waals surface area contributed by atoms with Crippen LogP contribution in [-0.2, 0) is 4.79 Å². The number of hydrogen-bond donors (Lipinski definition) is 2. The Morgan fingerprint density at radius 1 is 1.05 bits per heavy atom. The van der Waals surface area contributed by atoms with Gasteiger partial charge in [0.05, 0.1) is 11.1 Å². The van der Waals surface area contributed by atoms with E-state index in [-0.39, 0.29) is 12.5 Å². The lowest BCUT2D eigenvalue weighted by Gasteiger charge is -2.13. The second-order valence-electron chi connectivity index (χ2n) is 4.84. The largest absolute Gasteiger partial charge is 0.353 e. The molecule has 0 fully saturated rings. The zero-order valence-corrected chi connectivity index (χ0v) is 12.0. The minimum Gasteiger partial charge on any atom is -0.353 e. The lowest BCUT2D eigenvalue weighted by Crippen LogP contribution is -2.42. The van der Waals surface area contributed by atoms with Crippen molar-refractivity contribution in [1.82, 2.24) is 15.5 Å². The first-order valence-corrected chi connectivity index (χ1v) is 7.07. The number of imide groups is 1. The minimum atomic E-state index is -0.408. The lowest BCUT2D eigenvalue weighted by molar-refractivity contribution is -0.121. The van der Waals surface area contributed by atoms with E-state index in [1.165, 1.54) is 0 Å². The molecule has 0 aliphatic carbocycles. The molecule has 0 saturated heterocycles. The first kappa shape index (κ1) is 15.2. The maximum absolute atomic E-state index is 12.1. The van der Waals surface area contributed by atoms with E-state index in [0.29, 0.717) is 24.2 Å². The second-order valence-corrected chi connectivity index (χ2v) is 4.84. The van der Waals surface area contributed by atoms with Gasteiger partial charge in [-0.05, 0) is 25.1 Å². The van der Waals surface area contributed by atoms with Crippen LogP contribution in [-0.4, -0.2) is 48.8 Å². The number of nitrogens with zero attached hydrogens (tertiary/aromatic N) is 1. The molecule has 1 aromatic carbocycles. The third kappa shape index (κ3) is 3.46. The Labute approximate surface area is 123 Å². The van der Waals surface area contributed by atoms with Crippen LogP contribution in [0.4, 0.5) is 0 Å². The normalized spacial score (nSPS) is 13.5. The van der Waals surface area contributed by atoms with E-state index >= 15 is 0 Å². The Balaban J connectivity index is 1.86. The summed E-state index contributed by atoms with van der Waals surface area (Å²) in [6, 6.07) is 6.60. The SMILES string of the molecule is CCCNCCNC(=O)CN1C(=O)c2ccccc2C1=O. The van der Waals surface area contributed by atoms with Gasteiger partial charge in [0.2, 0.25) is 5.91 Å². The molecular formula is C15H19N3O3. The van der Waals surface area contributed by atoms with Crippen molar-refractivity contribution in [3.8, 4) is 0 Å². The summed E-state index contributed by atoms with van der Waals surface area (Å²) in [5.74, 6) is -1.15. The number of hydrogen-bond acceptors (Lipinski definition) is 4. The van der Waals surface area contributed by atoms with Gasteiger partial charge in [0.25, 0.3) is 11.8 Å². The van der Waals surface area contributed by atoms with E-state index in [4.69, 9.17) is 0 Å². The molecule has 3 amide bonds. The number of carbonyl (C=O) groups is 3. The molecular weight excluding hydrogens is 270 g/mol. The zero-order chi connectivity index (χ0) is 15.2. The highest BCUT2D eigenvalue weighted by molar-refractivity contribution is 6.22. The third-order valence-corrected chi connectivity index (χ3v) is 3.23. The lowest BCUT2D eigenvalue weighted by atomic mass is 10.1. The third-order valence-electron chi connectivity index (χ3n) is 3.23. The van der Waals surface area contributed by atoms with Gasteiger partial charge in [0, 0.05) is 13.1 Å². The Kier molecular flexibility index (Phi) is 5.05. The molecule has 2 rings (SSSR count). The highest BCUT2D eigenvalue weighted by Crippen LogP contribution is 2.21. The van der Waals surface area contributed by atoms with E-state index in [9.17, 15) is 14.4 Å². The van der Waals surface area contributed by atoms with Gasteiger partial charge in [-0.2, -0.15) is 0 Å². The van der Waals surface area contributed by atoms with Crippen LogP contribution in [0, 0.1) is 0 Å². The van der Waals surface area contributed by atoms with Crippen molar-refractivity contribution >= 4 is 17.7 Å². The summed E-state index contributed by atoms with van der Waals surface area (Å²) in [5, 5.41) is 5.84. The van der Waals surface area contributed by atoms with Crippen LogP contribution in [0.15, 0.2) is 24.3 Å².